The first-order valence-electron chi connectivity index (χ1n) is 11.2. The van der Waals surface area contributed by atoms with Crippen LogP contribution in [0.5, 0.6) is 17.2 Å². The summed E-state index contributed by atoms with van der Waals surface area (Å²) in [5, 5.41) is 4.10. The van der Waals surface area contributed by atoms with Crippen molar-refractivity contribution in [2.75, 3.05) is 7.11 Å². The van der Waals surface area contributed by atoms with Crippen molar-refractivity contribution in [2.45, 2.75) is 13.2 Å². The van der Waals surface area contributed by atoms with Crippen LogP contribution in [-0.2, 0) is 13.2 Å². The second-order valence-corrected chi connectivity index (χ2v) is 7.65. The normalized spacial score (nSPS) is 10.7. The van der Waals surface area contributed by atoms with Gasteiger partial charge in [-0.2, -0.15) is 5.10 Å². The molecule has 0 saturated carbocycles. The van der Waals surface area contributed by atoms with Crippen molar-refractivity contribution in [3.8, 4) is 17.2 Å². The Labute approximate surface area is 204 Å². The fraction of sp³-hybridized carbons (Fsp3) is 0.103. The van der Waals surface area contributed by atoms with E-state index in [9.17, 15) is 4.79 Å². The smallest absolute Gasteiger partial charge is 0.275 e. The molecule has 4 rings (SSSR count). The van der Waals surface area contributed by atoms with E-state index in [0.717, 1.165) is 16.7 Å². The first kappa shape index (κ1) is 23.6. The number of methoxy groups -OCH3 is 1. The lowest BCUT2D eigenvalue weighted by Crippen LogP contribution is -2.18. The Morgan fingerprint density at radius 3 is 2.00 bits per heavy atom. The van der Waals surface area contributed by atoms with E-state index in [1.807, 2.05) is 78.9 Å². The molecule has 0 aliphatic heterocycles. The third-order valence-corrected chi connectivity index (χ3v) is 5.17. The zero-order chi connectivity index (χ0) is 24.3. The Morgan fingerprint density at radius 2 is 1.34 bits per heavy atom. The molecule has 176 valence electrons. The molecule has 6 nitrogen and oxygen atoms in total. The van der Waals surface area contributed by atoms with E-state index in [1.165, 1.54) is 0 Å². The molecule has 0 unspecified atom stereocenters. The van der Waals surface area contributed by atoms with E-state index in [1.54, 1.807) is 37.6 Å². The molecule has 0 aliphatic rings. The van der Waals surface area contributed by atoms with Crippen LogP contribution >= 0.6 is 0 Å². The van der Waals surface area contributed by atoms with Crippen LogP contribution in [-0.4, -0.2) is 19.2 Å². The monoisotopic (exact) mass is 466 g/mol. The number of para-hydroxylation sites is 1. The van der Waals surface area contributed by atoms with Crippen molar-refractivity contribution in [3.05, 3.63) is 125 Å². The van der Waals surface area contributed by atoms with Gasteiger partial charge in [0.15, 0.2) is 11.5 Å². The number of hydrogen-bond acceptors (Lipinski definition) is 5. The average Bonchev–Trinajstić information content (AvgIpc) is 2.92. The van der Waals surface area contributed by atoms with Crippen molar-refractivity contribution in [3.63, 3.8) is 0 Å². The molecule has 0 radical (unpaired) electrons. The maximum absolute atomic E-state index is 12.7. The quantitative estimate of drug-likeness (QED) is 0.243. The summed E-state index contributed by atoms with van der Waals surface area (Å²) in [6, 6.07) is 32.2. The molecule has 0 atom stereocenters. The highest BCUT2D eigenvalue weighted by molar-refractivity contribution is 5.97. The van der Waals surface area contributed by atoms with E-state index in [4.69, 9.17) is 14.2 Å². The number of hydrazone groups is 1. The van der Waals surface area contributed by atoms with Crippen LogP contribution in [0.15, 0.2) is 108 Å². The Bertz CT molecular complexity index is 1270. The van der Waals surface area contributed by atoms with Gasteiger partial charge in [0.05, 0.1) is 18.9 Å². The second-order valence-electron chi connectivity index (χ2n) is 7.65. The predicted octanol–water partition coefficient (Wildman–Crippen LogP) is 5.62. The van der Waals surface area contributed by atoms with E-state index in [2.05, 4.69) is 10.5 Å². The van der Waals surface area contributed by atoms with Gasteiger partial charge < -0.3 is 14.2 Å². The highest BCUT2D eigenvalue weighted by atomic mass is 16.5. The largest absolute Gasteiger partial charge is 0.493 e. The van der Waals surface area contributed by atoms with Gasteiger partial charge in [0.1, 0.15) is 19.0 Å². The summed E-state index contributed by atoms with van der Waals surface area (Å²) in [7, 11) is 1.58. The van der Waals surface area contributed by atoms with Crippen molar-refractivity contribution in [1.29, 1.82) is 0 Å². The lowest BCUT2D eigenvalue weighted by molar-refractivity contribution is 0.0950. The second kappa shape index (κ2) is 12.0. The summed E-state index contributed by atoms with van der Waals surface area (Å²) in [5.41, 5.74) is 5.81. The van der Waals surface area contributed by atoms with Gasteiger partial charge in [-0.3, -0.25) is 4.79 Å². The average molecular weight is 467 g/mol. The molecule has 1 N–H and O–H groups in total. The summed E-state index contributed by atoms with van der Waals surface area (Å²) in [5.74, 6) is 1.34. The fourth-order valence-electron chi connectivity index (χ4n) is 3.36. The predicted molar refractivity (Wildman–Crippen MR) is 136 cm³/mol. The number of carbonyl (C=O) groups excluding carboxylic acids is 1. The lowest BCUT2D eigenvalue weighted by atomic mass is 10.2. The number of carbonyl (C=O) groups is 1. The highest BCUT2D eigenvalue weighted by Gasteiger charge is 2.12. The molecule has 1 amide bonds. The molecule has 0 spiro atoms. The van der Waals surface area contributed by atoms with Gasteiger partial charge in [-0.25, -0.2) is 5.43 Å². The van der Waals surface area contributed by atoms with Crippen LogP contribution in [0, 0.1) is 0 Å². The standard InChI is InChI=1S/C29H26N2O4/c1-33-28-18-24(16-17-27(28)35-21-23-12-6-3-7-13-23)19-30-31-29(32)25-14-8-9-15-26(25)34-20-22-10-4-2-5-11-22/h2-19H,20-21H2,1H3,(H,31,32)/b30-19+. The minimum atomic E-state index is -0.361. The Morgan fingerprint density at radius 1 is 0.743 bits per heavy atom. The van der Waals surface area contributed by atoms with Gasteiger partial charge in [0.2, 0.25) is 0 Å². The number of nitrogens with one attached hydrogen (secondary N) is 1. The summed E-state index contributed by atoms with van der Waals surface area (Å²) < 4.78 is 17.2. The molecule has 0 heterocycles. The summed E-state index contributed by atoms with van der Waals surface area (Å²) >= 11 is 0. The van der Waals surface area contributed by atoms with Crippen LogP contribution < -0.4 is 19.6 Å². The molecule has 6 heteroatoms. The Kier molecular flexibility index (Phi) is 8.11. The van der Waals surface area contributed by atoms with Crippen molar-refractivity contribution in [2.24, 2.45) is 5.10 Å². The summed E-state index contributed by atoms with van der Waals surface area (Å²) in [6.45, 7) is 0.805. The topological polar surface area (TPSA) is 69.2 Å². The maximum Gasteiger partial charge on any atom is 0.275 e. The fourth-order valence-corrected chi connectivity index (χ4v) is 3.36. The maximum atomic E-state index is 12.7. The number of amides is 1. The van der Waals surface area contributed by atoms with Gasteiger partial charge in [0.25, 0.3) is 5.91 Å². The SMILES string of the molecule is COc1cc(/C=N/NC(=O)c2ccccc2OCc2ccccc2)ccc1OCc1ccccc1. The van der Waals surface area contributed by atoms with Crippen LogP contribution in [0.3, 0.4) is 0 Å². The molecule has 0 fully saturated rings. The lowest BCUT2D eigenvalue weighted by Gasteiger charge is -2.11. The molecule has 4 aromatic rings. The van der Waals surface area contributed by atoms with Gasteiger partial charge in [-0.15, -0.1) is 0 Å². The number of rotatable bonds is 10. The van der Waals surface area contributed by atoms with E-state index in [0.29, 0.717) is 36.0 Å². The molecule has 0 aliphatic carbocycles. The van der Waals surface area contributed by atoms with Crippen LogP contribution in [0.2, 0.25) is 0 Å². The minimum Gasteiger partial charge on any atom is -0.493 e. The van der Waals surface area contributed by atoms with Crippen LogP contribution in [0.1, 0.15) is 27.0 Å². The molecule has 35 heavy (non-hydrogen) atoms. The molecule has 4 aromatic carbocycles. The summed E-state index contributed by atoms with van der Waals surface area (Å²) in [4.78, 5) is 12.7. The number of benzene rings is 4. The molecule has 0 bridgehead atoms. The first-order valence-corrected chi connectivity index (χ1v) is 11.2. The van der Waals surface area contributed by atoms with Crippen molar-refractivity contribution >= 4 is 12.1 Å². The van der Waals surface area contributed by atoms with Crippen molar-refractivity contribution in [1.82, 2.24) is 5.43 Å². The van der Waals surface area contributed by atoms with E-state index in [-0.39, 0.29) is 5.91 Å². The van der Waals surface area contributed by atoms with Gasteiger partial charge in [-0.05, 0) is 47.0 Å². The minimum absolute atomic E-state index is 0.361. The third-order valence-electron chi connectivity index (χ3n) is 5.17. The van der Waals surface area contributed by atoms with Crippen LogP contribution in [0.4, 0.5) is 0 Å². The molecule has 0 aromatic heterocycles. The number of hydrogen-bond donors (Lipinski definition) is 1. The van der Waals surface area contributed by atoms with Gasteiger partial charge in [-0.1, -0.05) is 72.8 Å². The Hall–Kier alpha value is -4.58. The zero-order valence-electron chi connectivity index (χ0n) is 19.4. The van der Waals surface area contributed by atoms with Gasteiger partial charge >= 0.3 is 0 Å². The van der Waals surface area contributed by atoms with Crippen molar-refractivity contribution < 1.29 is 19.0 Å². The highest BCUT2D eigenvalue weighted by Crippen LogP contribution is 2.28. The van der Waals surface area contributed by atoms with E-state index >= 15 is 0 Å². The zero-order valence-corrected chi connectivity index (χ0v) is 19.4. The third kappa shape index (κ3) is 6.71. The molecular weight excluding hydrogens is 440 g/mol. The van der Waals surface area contributed by atoms with Crippen LogP contribution in [0.25, 0.3) is 0 Å². The van der Waals surface area contributed by atoms with E-state index < -0.39 is 0 Å². The summed E-state index contributed by atoms with van der Waals surface area (Å²) in [6.07, 6.45) is 1.55. The number of ether oxygens (including phenoxy) is 3. The molecular formula is C29H26N2O4. The first-order chi connectivity index (χ1) is 17.2. The molecule has 0 saturated heterocycles. The van der Waals surface area contributed by atoms with Gasteiger partial charge in [0, 0.05) is 0 Å². The Balaban J connectivity index is 1.37. The number of nitrogens with zero attached hydrogens (tertiary/aromatic N) is 1.